The van der Waals surface area contributed by atoms with E-state index in [0.717, 1.165) is 32.1 Å². The molecule has 0 aromatic heterocycles. The van der Waals surface area contributed by atoms with E-state index in [0.29, 0.717) is 13.1 Å². The standard InChI is InChI=1S/C13H26N2O2/c1-3-13(4-2,9-14)12(17)15-8-10-6-5-7-11(10)16/h10-11,16H,3-9,14H2,1-2H3,(H,15,17). The van der Waals surface area contributed by atoms with Crippen LogP contribution in [0.3, 0.4) is 0 Å². The normalized spacial score (nSPS) is 24.9. The first-order valence-electron chi connectivity index (χ1n) is 6.76. The largest absolute Gasteiger partial charge is 0.393 e. The first-order chi connectivity index (χ1) is 8.09. The molecule has 4 N–H and O–H groups in total. The maximum atomic E-state index is 12.1. The molecular weight excluding hydrogens is 216 g/mol. The van der Waals surface area contributed by atoms with Gasteiger partial charge in [0, 0.05) is 19.0 Å². The quantitative estimate of drug-likeness (QED) is 0.651. The van der Waals surface area contributed by atoms with Crippen LogP contribution in [0.5, 0.6) is 0 Å². The van der Waals surface area contributed by atoms with Gasteiger partial charge in [-0.15, -0.1) is 0 Å². The van der Waals surface area contributed by atoms with E-state index >= 15 is 0 Å². The second kappa shape index (κ2) is 6.36. The minimum atomic E-state index is -0.427. The lowest BCUT2D eigenvalue weighted by atomic mass is 9.81. The van der Waals surface area contributed by atoms with Gasteiger partial charge in [-0.25, -0.2) is 0 Å². The summed E-state index contributed by atoms with van der Waals surface area (Å²) in [5.41, 5.74) is 5.30. The summed E-state index contributed by atoms with van der Waals surface area (Å²) in [6.45, 7) is 4.97. The van der Waals surface area contributed by atoms with Crippen LogP contribution < -0.4 is 11.1 Å². The number of nitrogens with two attached hydrogens (primary N) is 1. The summed E-state index contributed by atoms with van der Waals surface area (Å²) in [5.74, 6) is 0.271. The van der Waals surface area contributed by atoms with Crippen LogP contribution in [0.25, 0.3) is 0 Å². The van der Waals surface area contributed by atoms with Gasteiger partial charge in [-0.2, -0.15) is 0 Å². The molecule has 100 valence electrons. The average Bonchev–Trinajstić information content (AvgIpc) is 2.75. The fourth-order valence-electron chi connectivity index (χ4n) is 2.62. The predicted octanol–water partition coefficient (Wildman–Crippen LogP) is 1.03. The van der Waals surface area contributed by atoms with Gasteiger partial charge in [-0.1, -0.05) is 20.3 Å². The number of rotatable bonds is 6. The molecule has 1 aliphatic carbocycles. The topological polar surface area (TPSA) is 75.4 Å². The van der Waals surface area contributed by atoms with E-state index in [4.69, 9.17) is 5.73 Å². The average molecular weight is 242 g/mol. The molecule has 0 bridgehead atoms. The molecule has 0 spiro atoms. The Morgan fingerprint density at radius 1 is 1.41 bits per heavy atom. The van der Waals surface area contributed by atoms with Crippen molar-refractivity contribution in [1.82, 2.24) is 5.32 Å². The Morgan fingerprint density at radius 2 is 2.06 bits per heavy atom. The number of carbonyl (C=O) groups is 1. The Morgan fingerprint density at radius 3 is 2.47 bits per heavy atom. The lowest BCUT2D eigenvalue weighted by Crippen LogP contribution is -2.47. The van der Waals surface area contributed by atoms with Crippen LogP contribution in [0, 0.1) is 11.3 Å². The molecule has 0 heterocycles. The molecule has 4 nitrogen and oxygen atoms in total. The van der Waals surface area contributed by atoms with Crippen LogP contribution in [0.4, 0.5) is 0 Å². The fourth-order valence-corrected chi connectivity index (χ4v) is 2.62. The minimum absolute atomic E-state index is 0.0455. The molecule has 0 saturated heterocycles. The Bertz CT molecular complexity index is 244. The number of aliphatic hydroxyl groups excluding tert-OH is 1. The van der Waals surface area contributed by atoms with Gasteiger partial charge in [0.25, 0.3) is 0 Å². The molecule has 17 heavy (non-hydrogen) atoms. The smallest absolute Gasteiger partial charge is 0.227 e. The maximum absolute atomic E-state index is 12.1. The monoisotopic (exact) mass is 242 g/mol. The van der Waals surface area contributed by atoms with Crippen molar-refractivity contribution in [3.05, 3.63) is 0 Å². The molecule has 1 aliphatic rings. The number of carbonyl (C=O) groups excluding carboxylic acids is 1. The zero-order valence-electron chi connectivity index (χ0n) is 11.0. The van der Waals surface area contributed by atoms with E-state index in [1.807, 2.05) is 13.8 Å². The number of aliphatic hydroxyl groups is 1. The van der Waals surface area contributed by atoms with Crippen molar-refractivity contribution < 1.29 is 9.90 Å². The number of amides is 1. The van der Waals surface area contributed by atoms with Crippen LogP contribution in [-0.2, 0) is 4.79 Å². The molecular formula is C13H26N2O2. The highest BCUT2D eigenvalue weighted by molar-refractivity contribution is 5.82. The molecule has 4 heteroatoms. The highest BCUT2D eigenvalue weighted by Gasteiger charge is 2.34. The second-order valence-electron chi connectivity index (χ2n) is 5.16. The third-order valence-electron chi connectivity index (χ3n) is 4.37. The molecule has 0 radical (unpaired) electrons. The molecule has 2 unspecified atom stereocenters. The molecule has 1 rings (SSSR count). The molecule has 1 saturated carbocycles. The van der Waals surface area contributed by atoms with E-state index in [9.17, 15) is 9.90 Å². The Labute approximate surface area is 104 Å². The van der Waals surface area contributed by atoms with Crippen molar-refractivity contribution in [2.24, 2.45) is 17.1 Å². The third kappa shape index (κ3) is 3.19. The van der Waals surface area contributed by atoms with E-state index < -0.39 is 5.41 Å². The summed E-state index contributed by atoms with van der Waals surface area (Å²) in [7, 11) is 0. The van der Waals surface area contributed by atoms with Crippen LogP contribution in [0.1, 0.15) is 46.0 Å². The van der Waals surface area contributed by atoms with Gasteiger partial charge in [0.15, 0.2) is 0 Å². The lowest BCUT2D eigenvalue weighted by Gasteiger charge is -2.29. The van der Waals surface area contributed by atoms with E-state index in [-0.39, 0.29) is 17.9 Å². The molecule has 0 aromatic rings. The summed E-state index contributed by atoms with van der Waals surface area (Å²) in [6.07, 6.45) is 4.22. The summed E-state index contributed by atoms with van der Waals surface area (Å²) in [4.78, 5) is 12.1. The van der Waals surface area contributed by atoms with Gasteiger partial charge >= 0.3 is 0 Å². The Balaban J connectivity index is 2.47. The summed E-state index contributed by atoms with van der Waals surface area (Å²) in [5, 5.41) is 12.7. The molecule has 1 fully saturated rings. The summed E-state index contributed by atoms with van der Waals surface area (Å²) in [6, 6.07) is 0. The zero-order valence-corrected chi connectivity index (χ0v) is 11.0. The highest BCUT2D eigenvalue weighted by atomic mass is 16.3. The van der Waals surface area contributed by atoms with Gasteiger partial charge in [0.2, 0.25) is 5.91 Å². The summed E-state index contributed by atoms with van der Waals surface area (Å²) >= 11 is 0. The second-order valence-corrected chi connectivity index (χ2v) is 5.16. The minimum Gasteiger partial charge on any atom is -0.393 e. The maximum Gasteiger partial charge on any atom is 0.227 e. The third-order valence-corrected chi connectivity index (χ3v) is 4.37. The first-order valence-corrected chi connectivity index (χ1v) is 6.76. The predicted molar refractivity (Wildman–Crippen MR) is 68.4 cm³/mol. The van der Waals surface area contributed by atoms with Crippen molar-refractivity contribution in [3.8, 4) is 0 Å². The van der Waals surface area contributed by atoms with Gasteiger partial charge in [0.1, 0.15) is 0 Å². The number of hydrogen-bond donors (Lipinski definition) is 3. The molecule has 0 aliphatic heterocycles. The highest BCUT2D eigenvalue weighted by Crippen LogP contribution is 2.27. The van der Waals surface area contributed by atoms with E-state index in [1.165, 1.54) is 0 Å². The SMILES string of the molecule is CCC(CC)(CN)C(=O)NCC1CCCC1O. The van der Waals surface area contributed by atoms with Crippen molar-refractivity contribution in [1.29, 1.82) is 0 Å². The van der Waals surface area contributed by atoms with E-state index in [1.54, 1.807) is 0 Å². The van der Waals surface area contributed by atoms with Crippen LogP contribution in [-0.4, -0.2) is 30.2 Å². The molecule has 1 amide bonds. The van der Waals surface area contributed by atoms with Crippen LogP contribution >= 0.6 is 0 Å². The van der Waals surface area contributed by atoms with Crippen molar-refractivity contribution in [2.75, 3.05) is 13.1 Å². The zero-order chi connectivity index (χ0) is 12.9. The van der Waals surface area contributed by atoms with Gasteiger partial charge < -0.3 is 16.2 Å². The van der Waals surface area contributed by atoms with Crippen molar-refractivity contribution >= 4 is 5.91 Å². The number of hydrogen-bond acceptors (Lipinski definition) is 3. The Hall–Kier alpha value is -0.610. The molecule has 0 aromatic carbocycles. The van der Waals surface area contributed by atoms with Gasteiger partial charge in [-0.05, 0) is 25.7 Å². The van der Waals surface area contributed by atoms with E-state index in [2.05, 4.69) is 5.32 Å². The van der Waals surface area contributed by atoms with Crippen LogP contribution in [0.15, 0.2) is 0 Å². The van der Waals surface area contributed by atoms with Crippen molar-refractivity contribution in [3.63, 3.8) is 0 Å². The van der Waals surface area contributed by atoms with Gasteiger partial charge in [-0.3, -0.25) is 4.79 Å². The number of nitrogens with one attached hydrogen (secondary N) is 1. The van der Waals surface area contributed by atoms with Gasteiger partial charge in [0.05, 0.1) is 11.5 Å². The summed E-state index contributed by atoms with van der Waals surface area (Å²) < 4.78 is 0. The molecule has 2 atom stereocenters. The lowest BCUT2D eigenvalue weighted by molar-refractivity contribution is -0.131. The fraction of sp³-hybridized carbons (Fsp3) is 0.923. The van der Waals surface area contributed by atoms with Crippen molar-refractivity contribution in [2.45, 2.75) is 52.1 Å². The first kappa shape index (κ1) is 14.5. The van der Waals surface area contributed by atoms with Crippen LogP contribution in [0.2, 0.25) is 0 Å². The Kier molecular flexibility index (Phi) is 5.40.